The zero-order chi connectivity index (χ0) is 14.6. The summed E-state index contributed by atoms with van der Waals surface area (Å²) in [6.07, 6.45) is 1.38. The summed E-state index contributed by atoms with van der Waals surface area (Å²) in [6.45, 7) is 3.67. The molecular formula is C10H19N5O3S. The summed E-state index contributed by atoms with van der Waals surface area (Å²) in [7, 11) is -2.23. The number of amides is 1. The molecule has 4 N–H and O–H groups in total. The molecule has 0 saturated carbocycles. The molecule has 0 saturated heterocycles. The van der Waals surface area contributed by atoms with Gasteiger partial charge in [0, 0.05) is 26.1 Å². The second-order valence-electron chi connectivity index (χ2n) is 4.42. The number of carbonyl (C=O) groups is 1. The van der Waals surface area contributed by atoms with Crippen LogP contribution in [0.5, 0.6) is 0 Å². The van der Waals surface area contributed by atoms with Crippen molar-refractivity contribution in [2.75, 3.05) is 12.3 Å². The average molecular weight is 289 g/mol. The molecule has 1 aromatic heterocycles. The summed E-state index contributed by atoms with van der Waals surface area (Å²) in [5, 5.41) is 2.57. The highest BCUT2D eigenvalue weighted by Crippen LogP contribution is 2.14. The van der Waals surface area contributed by atoms with Gasteiger partial charge in [-0.15, -0.1) is 0 Å². The van der Waals surface area contributed by atoms with Gasteiger partial charge in [-0.05, 0) is 13.8 Å². The molecule has 1 rings (SSSR count). The Labute approximate surface area is 112 Å². The number of rotatable bonds is 6. The van der Waals surface area contributed by atoms with Crippen LogP contribution in [0, 0.1) is 0 Å². The monoisotopic (exact) mass is 289 g/mol. The van der Waals surface area contributed by atoms with Crippen molar-refractivity contribution in [1.82, 2.24) is 19.6 Å². The molecule has 1 aromatic rings. The maximum absolute atomic E-state index is 12.0. The normalized spacial score (nSPS) is 11.8. The minimum absolute atomic E-state index is 0.00546. The van der Waals surface area contributed by atoms with Crippen molar-refractivity contribution in [2.45, 2.75) is 31.3 Å². The van der Waals surface area contributed by atoms with Crippen molar-refractivity contribution in [3.63, 3.8) is 0 Å². The van der Waals surface area contributed by atoms with Crippen LogP contribution in [-0.2, 0) is 21.9 Å². The van der Waals surface area contributed by atoms with Gasteiger partial charge in [-0.3, -0.25) is 4.79 Å². The molecule has 1 heterocycles. The SMILES string of the molecule is CC(C)NC(=O)CCNS(=O)(=O)c1c(N)ncn1C. The van der Waals surface area contributed by atoms with Gasteiger partial charge >= 0.3 is 0 Å². The van der Waals surface area contributed by atoms with Gasteiger partial charge in [0.05, 0.1) is 6.33 Å². The van der Waals surface area contributed by atoms with Crippen molar-refractivity contribution in [3.05, 3.63) is 6.33 Å². The second-order valence-corrected chi connectivity index (χ2v) is 6.10. The van der Waals surface area contributed by atoms with Gasteiger partial charge in [-0.1, -0.05) is 0 Å². The number of aromatic nitrogens is 2. The van der Waals surface area contributed by atoms with E-state index in [2.05, 4.69) is 15.0 Å². The van der Waals surface area contributed by atoms with E-state index in [-0.39, 0.29) is 35.8 Å². The standard InChI is InChI=1S/C10H19N5O3S/c1-7(2)14-8(16)4-5-13-19(17,18)10-9(11)12-6-15(10)3/h6-7,13H,4-5,11H2,1-3H3,(H,14,16). The molecular weight excluding hydrogens is 270 g/mol. The first-order valence-corrected chi connectivity index (χ1v) is 7.28. The molecule has 0 spiro atoms. The summed E-state index contributed by atoms with van der Waals surface area (Å²) in [5.74, 6) is -0.280. The fraction of sp³-hybridized carbons (Fsp3) is 0.600. The number of nitrogen functional groups attached to an aromatic ring is 1. The highest BCUT2D eigenvalue weighted by Gasteiger charge is 2.22. The number of nitrogens with one attached hydrogen (secondary N) is 2. The Kier molecular flexibility index (Phi) is 4.90. The lowest BCUT2D eigenvalue weighted by Gasteiger charge is -2.09. The molecule has 1 amide bonds. The highest BCUT2D eigenvalue weighted by atomic mass is 32.2. The van der Waals surface area contributed by atoms with Crippen LogP contribution in [0.25, 0.3) is 0 Å². The Hall–Kier alpha value is -1.61. The molecule has 19 heavy (non-hydrogen) atoms. The third kappa shape index (κ3) is 4.21. The van der Waals surface area contributed by atoms with Gasteiger partial charge in [0.1, 0.15) is 0 Å². The van der Waals surface area contributed by atoms with Crippen molar-refractivity contribution in [3.8, 4) is 0 Å². The van der Waals surface area contributed by atoms with Crippen molar-refractivity contribution in [1.29, 1.82) is 0 Å². The minimum Gasteiger partial charge on any atom is -0.381 e. The molecule has 0 atom stereocenters. The van der Waals surface area contributed by atoms with Crippen molar-refractivity contribution < 1.29 is 13.2 Å². The molecule has 0 aliphatic rings. The lowest BCUT2D eigenvalue weighted by atomic mass is 10.3. The van der Waals surface area contributed by atoms with Crippen molar-refractivity contribution >= 4 is 21.7 Å². The number of sulfonamides is 1. The summed E-state index contributed by atoms with van der Waals surface area (Å²) in [6, 6.07) is 0.0248. The van der Waals surface area contributed by atoms with E-state index in [4.69, 9.17) is 5.73 Å². The Morgan fingerprint density at radius 2 is 2.16 bits per heavy atom. The molecule has 0 aliphatic heterocycles. The van der Waals surface area contributed by atoms with Gasteiger partial charge in [-0.25, -0.2) is 18.1 Å². The Morgan fingerprint density at radius 1 is 1.53 bits per heavy atom. The number of hydrogen-bond acceptors (Lipinski definition) is 5. The zero-order valence-corrected chi connectivity index (χ0v) is 12.0. The van der Waals surface area contributed by atoms with Crippen LogP contribution in [-0.4, -0.2) is 36.5 Å². The molecule has 0 radical (unpaired) electrons. The molecule has 0 fully saturated rings. The van der Waals surface area contributed by atoms with E-state index in [1.807, 2.05) is 13.8 Å². The average Bonchev–Trinajstić information content (AvgIpc) is 2.57. The van der Waals surface area contributed by atoms with Gasteiger partial charge in [0.2, 0.25) is 5.91 Å². The molecule has 8 nitrogen and oxygen atoms in total. The van der Waals surface area contributed by atoms with Crippen LogP contribution >= 0.6 is 0 Å². The van der Waals surface area contributed by atoms with E-state index >= 15 is 0 Å². The Morgan fingerprint density at radius 3 is 2.63 bits per heavy atom. The summed E-state index contributed by atoms with van der Waals surface area (Å²) >= 11 is 0. The van der Waals surface area contributed by atoms with E-state index in [0.717, 1.165) is 0 Å². The van der Waals surface area contributed by atoms with Crippen LogP contribution in [0.1, 0.15) is 20.3 Å². The molecule has 0 aliphatic carbocycles. The van der Waals surface area contributed by atoms with Gasteiger partial charge in [-0.2, -0.15) is 0 Å². The quantitative estimate of drug-likeness (QED) is 0.633. The molecule has 0 unspecified atom stereocenters. The van der Waals surface area contributed by atoms with Crippen LogP contribution in [0.2, 0.25) is 0 Å². The number of imidazole rings is 1. The first-order valence-electron chi connectivity index (χ1n) is 5.80. The molecule has 0 bridgehead atoms. The van der Waals surface area contributed by atoms with E-state index in [0.29, 0.717) is 0 Å². The fourth-order valence-electron chi connectivity index (χ4n) is 1.53. The number of hydrogen-bond donors (Lipinski definition) is 3. The number of nitrogens with zero attached hydrogens (tertiary/aromatic N) is 2. The number of anilines is 1. The van der Waals surface area contributed by atoms with E-state index < -0.39 is 10.0 Å². The fourth-order valence-corrected chi connectivity index (χ4v) is 2.79. The number of aryl methyl sites for hydroxylation is 1. The third-order valence-electron chi connectivity index (χ3n) is 2.26. The molecule has 108 valence electrons. The summed E-state index contributed by atoms with van der Waals surface area (Å²) in [4.78, 5) is 15.1. The van der Waals surface area contributed by atoms with Crippen molar-refractivity contribution in [2.24, 2.45) is 7.05 Å². The van der Waals surface area contributed by atoms with Crippen LogP contribution < -0.4 is 15.8 Å². The first kappa shape index (κ1) is 15.4. The maximum atomic E-state index is 12.0. The summed E-state index contributed by atoms with van der Waals surface area (Å²) in [5.41, 5.74) is 5.49. The topological polar surface area (TPSA) is 119 Å². The van der Waals surface area contributed by atoms with Gasteiger partial charge in [0.25, 0.3) is 10.0 Å². The third-order valence-corrected chi connectivity index (χ3v) is 3.85. The van der Waals surface area contributed by atoms with Crippen LogP contribution in [0.4, 0.5) is 5.82 Å². The smallest absolute Gasteiger partial charge is 0.260 e. The van der Waals surface area contributed by atoms with Crippen LogP contribution in [0.3, 0.4) is 0 Å². The van der Waals surface area contributed by atoms with Gasteiger partial charge < -0.3 is 15.6 Å². The number of carbonyl (C=O) groups excluding carboxylic acids is 1. The summed E-state index contributed by atoms with van der Waals surface area (Å²) < 4.78 is 27.5. The minimum atomic E-state index is -3.76. The van der Waals surface area contributed by atoms with E-state index in [1.54, 1.807) is 0 Å². The van der Waals surface area contributed by atoms with E-state index in [9.17, 15) is 13.2 Å². The van der Waals surface area contributed by atoms with E-state index in [1.165, 1.54) is 17.9 Å². The van der Waals surface area contributed by atoms with Crippen LogP contribution in [0.15, 0.2) is 11.4 Å². The maximum Gasteiger partial charge on any atom is 0.260 e. The van der Waals surface area contributed by atoms with Gasteiger partial charge in [0.15, 0.2) is 10.8 Å². The predicted molar refractivity (Wildman–Crippen MR) is 70.7 cm³/mol. The lowest BCUT2D eigenvalue weighted by molar-refractivity contribution is -0.121. The zero-order valence-electron chi connectivity index (χ0n) is 11.2. The second kappa shape index (κ2) is 6.02. The first-order chi connectivity index (χ1) is 8.74. The Bertz CT molecular complexity index is 530. The largest absolute Gasteiger partial charge is 0.381 e. The predicted octanol–water partition coefficient (Wildman–Crippen LogP) is -0.805. The molecule has 0 aromatic carbocycles. The lowest BCUT2D eigenvalue weighted by Crippen LogP contribution is -2.34. The molecule has 9 heteroatoms. The Balaban J connectivity index is 2.60. The highest BCUT2D eigenvalue weighted by molar-refractivity contribution is 7.89. The number of nitrogens with two attached hydrogens (primary N) is 1.